The highest BCUT2D eigenvalue weighted by atomic mass is 32.2. The molecule has 0 saturated carbocycles. The Balaban J connectivity index is 1.62. The van der Waals surface area contributed by atoms with E-state index in [0.717, 1.165) is 11.3 Å². The topological polar surface area (TPSA) is 89.8 Å². The number of aromatic nitrogens is 4. The third-order valence-electron chi connectivity index (χ3n) is 4.59. The van der Waals surface area contributed by atoms with Crippen LogP contribution in [0.15, 0.2) is 47.6 Å². The molecule has 1 amide bonds. The number of thioether (sulfide) groups is 1. The molecular formula is C22H25N5O2S. The molecule has 3 aromatic rings. The SMILES string of the molecule is Cc1ccc(-n2nnnc2SCC(=O)c2ccc(NC(=O)CC(C)C)cc2)cc1C. The fourth-order valence-corrected chi connectivity index (χ4v) is 3.61. The van der Waals surface area contributed by atoms with Crippen molar-refractivity contribution in [2.45, 2.75) is 39.3 Å². The molecule has 8 heteroatoms. The summed E-state index contributed by atoms with van der Waals surface area (Å²) in [6, 6.07) is 12.9. The Morgan fingerprint density at radius 3 is 2.47 bits per heavy atom. The minimum Gasteiger partial charge on any atom is -0.326 e. The Hall–Kier alpha value is -3.00. The average molecular weight is 424 g/mol. The number of nitrogens with one attached hydrogen (secondary N) is 1. The van der Waals surface area contributed by atoms with Gasteiger partial charge in [0.25, 0.3) is 0 Å². The van der Waals surface area contributed by atoms with Crippen molar-refractivity contribution < 1.29 is 9.59 Å². The number of rotatable bonds is 8. The first kappa shape index (κ1) is 21.7. The second-order valence-corrected chi connectivity index (χ2v) is 8.52. The molecule has 0 unspecified atom stereocenters. The predicted octanol–water partition coefficient (Wildman–Crippen LogP) is 4.24. The van der Waals surface area contributed by atoms with Gasteiger partial charge in [-0.05, 0) is 77.7 Å². The van der Waals surface area contributed by atoms with E-state index in [1.807, 2.05) is 45.9 Å². The van der Waals surface area contributed by atoms with Gasteiger partial charge in [-0.1, -0.05) is 31.7 Å². The molecule has 0 spiro atoms. The molecule has 3 rings (SSSR count). The summed E-state index contributed by atoms with van der Waals surface area (Å²) >= 11 is 1.29. The van der Waals surface area contributed by atoms with Gasteiger partial charge in [0.05, 0.1) is 11.4 Å². The molecular weight excluding hydrogens is 398 g/mol. The molecule has 0 saturated heterocycles. The maximum Gasteiger partial charge on any atom is 0.224 e. The Morgan fingerprint density at radius 1 is 1.07 bits per heavy atom. The average Bonchev–Trinajstić information content (AvgIpc) is 3.16. The van der Waals surface area contributed by atoms with E-state index in [0.29, 0.717) is 28.7 Å². The lowest BCUT2D eigenvalue weighted by Crippen LogP contribution is -2.14. The number of amides is 1. The second-order valence-electron chi connectivity index (χ2n) is 7.58. The van der Waals surface area contributed by atoms with Crippen molar-refractivity contribution in [2.24, 2.45) is 5.92 Å². The van der Waals surface area contributed by atoms with Crippen LogP contribution >= 0.6 is 11.8 Å². The van der Waals surface area contributed by atoms with Gasteiger partial charge in [0, 0.05) is 17.7 Å². The van der Waals surface area contributed by atoms with Crippen molar-refractivity contribution in [3.63, 3.8) is 0 Å². The molecule has 0 aliphatic rings. The highest BCUT2D eigenvalue weighted by Crippen LogP contribution is 2.21. The van der Waals surface area contributed by atoms with Crippen molar-refractivity contribution in [3.8, 4) is 5.69 Å². The van der Waals surface area contributed by atoms with E-state index in [1.54, 1.807) is 28.9 Å². The molecule has 0 fully saturated rings. The van der Waals surface area contributed by atoms with Crippen LogP contribution in [0.25, 0.3) is 5.69 Å². The first-order valence-electron chi connectivity index (χ1n) is 9.75. The standard InChI is InChI=1S/C22H25N5O2S/c1-14(2)11-21(29)23-18-8-6-17(7-9-18)20(28)13-30-22-24-25-26-27(22)19-10-5-15(3)16(4)12-19/h5-10,12,14H,11,13H2,1-4H3,(H,23,29). The zero-order valence-corrected chi connectivity index (χ0v) is 18.4. The van der Waals surface area contributed by atoms with Crippen LogP contribution in [0.1, 0.15) is 41.8 Å². The number of carbonyl (C=O) groups excluding carboxylic acids is 2. The van der Waals surface area contributed by atoms with E-state index in [9.17, 15) is 9.59 Å². The van der Waals surface area contributed by atoms with E-state index in [-0.39, 0.29) is 17.4 Å². The summed E-state index contributed by atoms with van der Waals surface area (Å²) in [5, 5.41) is 15.2. The predicted molar refractivity (Wildman–Crippen MR) is 118 cm³/mol. The van der Waals surface area contributed by atoms with Crippen LogP contribution in [0.2, 0.25) is 0 Å². The van der Waals surface area contributed by atoms with Crippen LogP contribution in [-0.2, 0) is 4.79 Å². The number of tetrazole rings is 1. The first-order valence-corrected chi connectivity index (χ1v) is 10.7. The van der Waals surface area contributed by atoms with Crippen LogP contribution in [0, 0.1) is 19.8 Å². The molecule has 0 atom stereocenters. The summed E-state index contributed by atoms with van der Waals surface area (Å²) < 4.78 is 1.64. The van der Waals surface area contributed by atoms with Gasteiger partial charge in [0.15, 0.2) is 5.78 Å². The van der Waals surface area contributed by atoms with Gasteiger partial charge in [-0.2, -0.15) is 4.68 Å². The van der Waals surface area contributed by atoms with Crippen LogP contribution in [-0.4, -0.2) is 37.7 Å². The lowest BCUT2D eigenvalue weighted by Gasteiger charge is -2.08. The van der Waals surface area contributed by atoms with Crippen LogP contribution in [0.3, 0.4) is 0 Å². The van der Waals surface area contributed by atoms with Gasteiger partial charge in [0.1, 0.15) is 0 Å². The molecule has 30 heavy (non-hydrogen) atoms. The summed E-state index contributed by atoms with van der Waals surface area (Å²) in [5.74, 6) is 0.445. The molecule has 0 aliphatic carbocycles. The lowest BCUT2D eigenvalue weighted by molar-refractivity contribution is -0.116. The summed E-state index contributed by atoms with van der Waals surface area (Å²) in [5.41, 5.74) is 4.47. The van der Waals surface area contributed by atoms with Crippen molar-refractivity contribution >= 4 is 29.1 Å². The fourth-order valence-electron chi connectivity index (χ4n) is 2.82. The normalized spacial score (nSPS) is 11.0. The van der Waals surface area contributed by atoms with Gasteiger partial charge >= 0.3 is 0 Å². The molecule has 1 aromatic heterocycles. The zero-order valence-electron chi connectivity index (χ0n) is 17.5. The molecule has 2 aromatic carbocycles. The molecule has 0 bridgehead atoms. The Bertz CT molecular complexity index is 1040. The number of benzene rings is 2. The molecule has 1 N–H and O–H groups in total. The minimum atomic E-state index is -0.0327. The molecule has 0 aliphatic heterocycles. The number of nitrogens with zero attached hydrogens (tertiary/aromatic N) is 4. The number of ketones is 1. The summed E-state index contributed by atoms with van der Waals surface area (Å²) in [7, 11) is 0. The molecule has 7 nitrogen and oxygen atoms in total. The number of Topliss-reactive ketones (excluding diaryl/α,β-unsaturated/α-hetero) is 1. The summed E-state index contributed by atoms with van der Waals surface area (Å²) in [6.45, 7) is 8.08. The number of aryl methyl sites for hydroxylation is 2. The zero-order chi connectivity index (χ0) is 21.7. The van der Waals surface area contributed by atoms with Gasteiger partial charge in [-0.15, -0.1) is 5.10 Å². The lowest BCUT2D eigenvalue weighted by atomic mass is 10.1. The summed E-state index contributed by atoms with van der Waals surface area (Å²) in [6.07, 6.45) is 0.465. The van der Waals surface area contributed by atoms with E-state index in [4.69, 9.17) is 0 Å². The smallest absolute Gasteiger partial charge is 0.224 e. The van der Waals surface area contributed by atoms with E-state index in [1.165, 1.54) is 17.3 Å². The highest BCUT2D eigenvalue weighted by Gasteiger charge is 2.14. The third-order valence-corrected chi connectivity index (χ3v) is 5.51. The van der Waals surface area contributed by atoms with Crippen LogP contribution in [0.5, 0.6) is 0 Å². The van der Waals surface area contributed by atoms with Crippen molar-refractivity contribution in [3.05, 3.63) is 59.2 Å². The Morgan fingerprint density at radius 2 is 1.80 bits per heavy atom. The Kier molecular flexibility index (Phi) is 6.99. The van der Waals surface area contributed by atoms with Crippen LogP contribution < -0.4 is 5.32 Å². The maximum absolute atomic E-state index is 12.6. The molecule has 156 valence electrons. The highest BCUT2D eigenvalue weighted by molar-refractivity contribution is 7.99. The maximum atomic E-state index is 12.6. The third kappa shape index (κ3) is 5.54. The van der Waals surface area contributed by atoms with Crippen molar-refractivity contribution in [2.75, 3.05) is 11.1 Å². The van der Waals surface area contributed by atoms with E-state index in [2.05, 4.69) is 20.8 Å². The van der Waals surface area contributed by atoms with Gasteiger partial charge in [-0.3, -0.25) is 9.59 Å². The number of hydrogen-bond acceptors (Lipinski definition) is 6. The molecule has 1 heterocycles. The fraction of sp³-hybridized carbons (Fsp3) is 0.318. The Labute approximate surface area is 180 Å². The minimum absolute atomic E-state index is 0.0298. The van der Waals surface area contributed by atoms with Gasteiger partial charge in [0.2, 0.25) is 11.1 Å². The van der Waals surface area contributed by atoms with Gasteiger partial charge < -0.3 is 5.32 Å². The quantitative estimate of drug-likeness (QED) is 0.431. The number of hydrogen-bond donors (Lipinski definition) is 1. The van der Waals surface area contributed by atoms with Crippen LogP contribution in [0.4, 0.5) is 5.69 Å². The monoisotopic (exact) mass is 423 g/mol. The van der Waals surface area contributed by atoms with E-state index >= 15 is 0 Å². The number of carbonyl (C=O) groups is 2. The van der Waals surface area contributed by atoms with E-state index < -0.39 is 0 Å². The largest absolute Gasteiger partial charge is 0.326 e. The summed E-state index contributed by atoms with van der Waals surface area (Å²) in [4.78, 5) is 24.4. The first-order chi connectivity index (χ1) is 14.3. The number of anilines is 1. The second kappa shape index (κ2) is 9.67. The van der Waals surface area contributed by atoms with Crippen molar-refractivity contribution in [1.29, 1.82) is 0 Å². The molecule has 0 radical (unpaired) electrons. The van der Waals surface area contributed by atoms with Crippen molar-refractivity contribution in [1.82, 2.24) is 20.2 Å². The van der Waals surface area contributed by atoms with Gasteiger partial charge in [-0.25, -0.2) is 0 Å².